The molecule has 1 rings (SSSR count). The number of hydrogen-bond acceptors (Lipinski definition) is 4. The molecule has 0 radical (unpaired) electrons. The normalized spacial score (nSPS) is 23.1. The molecule has 0 unspecified atom stereocenters. The molecule has 1 fully saturated rings. The maximum atomic E-state index is 11.7. The molecule has 86 valence electrons. The molecule has 0 spiro atoms. The molecule has 0 saturated carbocycles. The Hall–Kier alpha value is -1.10. The molecule has 15 heavy (non-hydrogen) atoms. The smallest absolute Gasteiger partial charge is 0.417 e. The van der Waals surface area contributed by atoms with E-state index >= 15 is 0 Å². The Bertz CT molecular complexity index is 264. The van der Waals surface area contributed by atoms with Crippen molar-refractivity contribution in [3.05, 3.63) is 0 Å². The van der Waals surface area contributed by atoms with Gasteiger partial charge in [0.1, 0.15) is 12.7 Å². The number of carbonyl (C=O) groups is 2. The summed E-state index contributed by atoms with van der Waals surface area (Å²) in [5.74, 6) is -0.428. The number of carbonyl (C=O) groups excluding carboxylic acids is 2. The van der Waals surface area contributed by atoms with Gasteiger partial charge in [-0.1, -0.05) is 20.8 Å². The van der Waals surface area contributed by atoms with Crippen LogP contribution < -0.4 is 0 Å². The van der Waals surface area contributed by atoms with Gasteiger partial charge in [-0.3, -0.25) is 4.79 Å². The first-order valence-electron chi connectivity index (χ1n) is 5.16. The summed E-state index contributed by atoms with van der Waals surface area (Å²) in [4.78, 5) is 24.0. The van der Waals surface area contributed by atoms with Crippen molar-refractivity contribution in [2.24, 2.45) is 5.92 Å². The van der Waals surface area contributed by atoms with Gasteiger partial charge in [0.25, 0.3) is 5.91 Å². The first kappa shape index (κ1) is 12.0. The van der Waals surface area contributed by atoms with Crippen LogP contribution in [0.2, 0.25) is 0 Å². The molecule has 1 aliphatic rings. The van der Waals surface area contributed by atoms with Gasteiger partial charge in [-0.2, -0.15) is 0 Å². The van der Waals surface area contributed by atoms with Crippen LogP contribution in [0.1, 0.15) is 27.2 Å². The Kier molecular flexibility index (Phi) is 3.68. The quantitative estimate of drug-likeness (QED) is 0.754. The zero-order valence-electron chi connectivity index (χ0n) is 9.27. The van der Waals surface area contributed by atoms with Crippen LogP contribution >= 0.6 is 0 Å². The number of imide groups is 1. The molecule has 0 aromatic carbocycles. The fourth-order valence-electron chi connectivity index (χ4n) is 1.52. The highest BCUT2D eigenvalue weighted by molar-refractivity contribution is 5.95. The minimum absolute atomic E-state index is 0.129. The number of aliphatic hydroxyl groups excluding tert-OH is 1. The van der Waals surface area contributed by atoms with Crippen molar-refractivity contribution in [1.29, 1.82) is 0 Å². The van der Waals surface area contributed by atoms with E-state index < -0.39 is 18.1 Å². The largest absolute Gasteiger partial charge is 0.447 e. The molecular formula is C10H17NO4. The van der Waals surface area contributed by atoms with Crippen molar-refractivity contribution in [1.82, 2.24) is 4.90 Å². The third-order valence-electron chi connectivity index (χ3n) is 2.58. The summed E-state index contributed by atoms with van der Waals surface area (Å²) in [5, 5.41) is 9.41. The Labute approximate surface area is 89.0 Å². The van der Waals surface area contributed by atoms with E-state index in [0.717, 1.165) is 4.90 Å². The summed E-state index contributed by atoms with van der Waals surface area (Å²) in [6, 6.07) is -0.258. The van der Waals surface area contributed by atoms with Crippen LogP contribution in [0.4, 0.5) is 4.79 Å². The summed E-state index contributed by atoms with van der Waals surface area (Å²) < 4.78 is 4.81. The van der Waals surface area contributed by atoms with E-state index in [9.17, 15) is 14.7 Å². The number of ether oxygens (including phenoxy) is 1. The maximum Gasteiger partial charge on any atom is 0.417 e. The summed E-state index contributed by atoms with van der Waals surface area (Å²) in [6.07, 6.45) is -1.46. The highest BCUT2D eigenvalue weighted by Crippen LogP contribution is 2.20. The number of nitrogens with zero attached hydrogens (tertiary/aromatic N) is 1. The number of amides is 2. The standard InChI is InChI=1S/C10H17NO4/c1-4-8(12)9(13)11-7(6(2)3)5-15-10(11)14/h6-8,12H,4-5H2,1-3H3/t7-,8+/m1/s1. The molecule has 5 nitrogen and oxygen atoms in total. The first-order chi connectivity index (χ1) is 6.99. The van der Waals surface area contributed by atoms with Gasteiger partial charge in [0.05, 0.1) is 6.04 Å². The lowest BCUT2D eigenvalue weighted by atomic mass is 10.0. The lowest BCUT2D eigenvalue weighted by Gasteiger charge is -2.24. The fraction of sp³-hybridized carbons (Fsp3) is 0.800. The zero-order chi connectivity index (χ0) is 11.6. The predicted molar refractivity (Wildman–Crippen MR) is 53.1 cm³/mol. The molecule has 0 aromatic rings. The lowest BCUT2D eigenvalue weighted by Crippen LogP contribution is -2.46. The van der Waals surface area contributed by atoms with Crippen molar-refractivity contribution in [2.45, 2.75) is 39.3 Å². The van der Waals surface area contributed by atoms with Crippen molar-refractivity contribution < 1.29 is 19.4 Å². The van der Waals surface area contributed by atoms with Crippen molar-refractivity contribution in [2.75, 3.05) is 6.61 Å². The third kappa shape index (κ3) is 2.28. The second-order valence-electron chi connectivity index (χ2n) is 4.02. The minimum Gasteiger partial charge on any atom is -0.447 e. The lowest BCUT2D eigenvalue weighted by molar-refractivity contribution is -0.138. The van der Waals surface area contributed by atoms with Crippen LogP contribution in [-0.2, 0) is 9.53 Å². The van der Waals surface area contributed by atoms with Gasteiger partial charge in [-0.15, -0.1) is 0 Å². The molecule has 2 amide bonds. The molecule has 0 aromatic heterocycles. The van der Waals surface area contributed by atoms with E-state index in [2.05, 4.69) is 0 Å². The van der Waals surface area contributed by atoms with Gasteiger partial charge < -0.3 is 9.84 Å². The topological polar surface area (TPSA) is 66.8 Å². The first-order valence-corrected chi connectivity index (χ1v) is 5.16. The molecule has 2 atom stereocenters. The van der Waals surface area contributed by atoms with Gasteiger partial charge in [-0.25, -0.2) is 9.69 Å². The molecule has 0 bridgehead atoms. The molecule has 0 aliphatic carbocycles. The second-order valence-corrected chi connectivity index (χ2v) is 4.02. The highest BCUT2D eigenvalue weighted by Gasteiger charge is 2.41. The minimum atomic E-state index is -1.11. The van der Waals surface area contributed by atoms with Gasteiger partial charge in [0.2, 0.25) is 0 Å². The van der Waals surface area contributed by atoms with E-state index in [1.807, 2.05) is 13.8 Å². The Morgan fingerprint density at radius 3 is 2.73 bits per heavy atom. The van der Waals surface area contributed by atoms with Gasteiger partial charge >= 0.3 is 6.09 Å². The monoisotopic (exact) mass is 215 g/mol. The Morgan fingerprint density at radius 1 is 1.67 bits per heavy atom. The predicted octanol–water partition coefficient (Wildman–Crippen LogP) is 0.761. The molecule has 1 N–H and O–H groups in total. The van der Waals surface area contributed by atoms with E-state index in [1.165, 1.54) is 0 Å². The third-order valence-corrected chi connectivity index (χ3v) is 2.58. The second kappa shape index (κ2) is 4.61. The van der Waals surface area contributed by atoms with Crippen LogP contribution in [0.15, 0.2) is 0 Å². The average Bonchev–Trinajstić information content (AvgIpc) is 2.58. The fourth-order valence-corrected chi connectivity index (χ4v) is 1.52. The van der Waals surface area contributed by atoms with Gasteiger partial charge in [0, 0.05) is 0 Å². The number of rotatable bonds is 3. The summed E-state index contributed by atoms with van der Waals surface area (Å²) >= 11 is 0. The van der Waals surface area contributed by atoms with E-state index in [-0.39, 0.29) is 18.6 Å². The van der Waals surface area contributed by atoms with E-state index in [1.54, 1.807) is 6.92 Å². The van der Waals surface area contributed by atoms with Crippen LogP contribution in [-0.4, -0.2) is 40.8 Å². The summed E-state index contributed by atoms with van der Waals surface area (Å²) in [5.41, 5.74) is 0. The number of aliphatic hydroxyl groups is 1. The maximum absolute atomic E-state index is 11.7. The van der Waals surface area contributed by atoms with E-state index in [4.69, 9.17) is 4.74 Å². The van der Waals surface area contributed by atoms with Crippen LogP contribution in [0.3, 0.4) is 0 Å². The van der Waals surface area contributed by atoms with Crippen LogP contribution in [0.25, 0.3) is 0 Å². The molecule has 1 heterocycles. The summed E-state index contributed by atoms with van der Waals surface area (Å²) in [7, 11) is 0. The molecule has 1 saturated heterocycles. The van der Waals surface area contributed by atoms with Gasteiger partial charge in [0.15, 0.2) is 0 Å². The molecular weight excluding hydrogens is 198 g/mol. The van der Waals surface area contributed by atoms with Crippen LogP contribution in [0, 0.1) is 5.92 Å². The number of hydrogen-bond donors (Lipinski definition) is 1. The van der Waals surface area contributed by atoms with Crippen molar-refractivity contribution in [3.63, 3.8) is 0 Å². The van der Waals surface area contributed by atoms with Crippen LogP contribution in [0.5, 0.6) is 0 Å². The number of cyclic esters (lactones) is 1. The van der Waals surface area contributed by atoms with Gasteiger partial charge in [-0.05, 0) is 12.3 Å². The average molecular weight is 215 g/mol. The zero-order valence-corrected chi connectivity index (χ0v) is 9.27. The molecule has 1 aliphatic heterocycles. The van der Waals surface area contributed by atoms with E-state index in [0.29, 0.717) is 6.42 Å². The molecule has 5 heteroatoms. The Balaban J connectivity index is 2.80. The van der Waals surface area contributed by atoms with Crippen molar-refractivity contribution >= 4 is 12.0 Å². The SMILES string of the molecule is CC[C@H](O)C(=O)N1C(=O)OC[C@@H]1C(C)C. The Morgan fingerprint density at radius 2 is 2.27 bits per heavy atom. The summed E-state index contributed by atoms with van der Waals surface area (Å²) in [6.45, 7) is 5.73. The van der Waals surface area contributed by atoms with Crippen molar-refractivity contribution in [3.8, 4) is 0 Å². The highest BCUT2D eigenvalue weighted by atomic mass is 16.6.